The van der Waals surface area contributed by atoms with Crippen molar-refractivity contribution in [2.45, 2.75) is 44.8 Å². The summed E-state index contributed by atoms with van der Waals surface area (Å²) in [6.45, 7) is 0.412. The molecule has 1 aliphatic heterocycles. The molecular formula is C23H21Cl2N3O2. The van der Waals surface area contributed by atoms with Gasteiger partial charge in [0.05, 0.1) is 24.1 Å². The van der Waals surface area contributed by atoms with Crippen molar-refractivity contribution in [1.82, 2.24) is 9.80 Å². The van der Waals surface area contributed by atoms with Crippen molar-refractivity contribution in [2.75, 3.05) is 0 Å². The average Bonchev–Trinajstić information content (AvgIpc) is 2.75. The van der Waals surface area contributed by atoms with Crippen LogP contribution in [0.3, 0.4) is 0 Å². The largest absolute Gasteiger partial charge is 0.327 e. The van der Waals surface area contributed by atoms with Gasteiger partial charge in [-0.3, -0.25) is 9.69 Å². The molecule has 0 spiro atoms. The molecule has 2 aliphatic rings. The molecule has 2 atom stereocenters. The lowest BCUT2D eigenvalue weighted by Gasteiger charge is -2.47. The number of urea groups is 1. The lowest BCUT2D eigenvalue weighted by Crippen LogP contribution is -2.61. The molecule has 0 N–H and O–H groups in total. The van der Waals surface area contributed by atoms with Crippen molar-refractivity contribution < 1.29 is 9.59 Å². The number of carbonyl (C=O) groups excluding carboxylic acids is 2. The molecule has 1 heterocycles. The summed E-state index contributed by atoms with van der Waals surface area (Å²) in [4.78, 5) is 29.8. The van der Waals surface area contributed by atoms with Crippen LogP contribution in [0.4, 0.5) is 4.79 Å². The fraction of sp³-hybridized carbons (Fsp3) is 0.348. The van der Waals surface area contributed by atoms with E-state index >= 15 is 0 Å². The van der Waals surface area contributed by atoms with Crippen molar-refractivity contribution in [3.8, 4) is 6.07 Å². The zero-order valence-corrected chi connectivity index (χ0v) is 17.9. The summed E-state index contributed by atoms with van der Waals surface area (Å²) < 4.78 is 0. The molecule has 1 saturated heterocycles. The molecule has 2 aromatic rings. The van der Waals surface area contributed by atoms with Gasteiger partial charge in [-0.2, -0.15) is 5.26 Å². The fourth-order valence-corrected chi connectivity index (χ4v) is 4.93. The number of imide groups is 1. The molecule has 4 rings (SSSR count). The van der Waals surface area contributed by atoms with Crippen molar-refractivity contribution in [3.05, 3.63) is 69.2 Å². The van der Waals surface area contributed by atoms with E-state index in [9.17, 15) is 14.9 Å². The van der Waals surface area contributed by atoms with Crippen molar-refractivity contribution in [2.24, 2.45) is 5.92 Å². The number of amides is 3. The smallest absolute Gasteiger partial charge is 0.316 e. The summed E-state index contributed by atoms with van der Waals surface area (Å²) >= 11 is 12.3. The second kappa shape index (κ2) is 8.67. The van der Waals surface area contributed by atoms with Gasteiger partial charge in [-0.25, -0.2) is 4.79 Å². The van der Waals surface area contributed by atoms with E-state index in [1.54, 1.807) is 29.2 Å². The van der Waals surface area contributed by atoms with Gasteiger partial charge >= 0.3 is 6.03 Å². The first kappa shape index (κ1) is 20.7. The van der Waals surface area contributed by atoms with Crippen LogP contribution in [0.1, 0.15) is 42.4 Å². The van der Waals surface area contributed by atoms with Crippen LogP contribution >= 0.6 is 23.2 Å². The lowest BCUT2D eigenvalue weighted by molar-refractivity contribution is -0.141. The highest BCUT2D eigenvalue weighted by atomic mass is 35.5. The number of nitriles is 1. The molecule has 5 nitrogen and oxygen atoms in total. The third-order valence-corrected chi connectivity index (χ3v) is 6.60. The molecule has 2 aromatic carbocycles. The minimum atomic E-state index is -0.332. The molecule has 0 aromatic heterocycles. The third-order valence-electron chi connectivity index (χ3n) is 6.01. The standard InChI is InChI=1S/C23H21Cl2N3O2/c24-18-10-9-17(20(25)11-18)14-28-22(29)19-7-3-4-8-21(19)27(23(28)30)13-16-6-2-1-5-15(16)12-26/h1-2,5-6,9-11,19,21H,3-4,7-8,13-14H2. The Balaban J connectivity index is 1.67. The number of fused-ring (bicyclic) bond motifs is 1. The molecule has 154 valence electrons. The highest BCUT2D eigenvalue weighted by Crippen LogP contribution is 2.36. The highest BCUT2D eigenvalue weighted by molar-refractivity contribution is 6.35. The summed E-state index contributed by atoms with van der Waals surface area (Å²) in [6, 6.07) is 14.1. The molecule has 3 amide bonds. The van der Waals surface area contributed by atoms with Crippen molar-refractivity contribution >= 4 is 35.1 Å². The molecule has 1 aliphatic carbocycles. The number of rotatable bonds is 4. The first-order chi connectivity index (χ1) is 14.5. The van der Waals surface area contributed by atoms with E-state index in [0.717, 1.165) is 31.2 Å². The monoisotopic (exact) mass is 441 g/mol. The summed E-state index contributed by atoms with van der Waals surface area (Å²) in [5.41, 5.74) is 2.01. The number of halogens is 2. The van der Waals surface area contributed by atoms with E-state index in [1.807, 2.05) is 18.2 Å². The zero-order valence-electron chi connectivity index (χ0n) is 16.4. The second-order valence-electron chi connectivity index (χ2n) is 7.80. The summed E-state index contributed by atoms with van der Waals surface area (Å²) in [5.74, 6) is -0.364. The Morgan fingerprint density at radius 3 is 2.53 bits per heavy atom. The van der Waals surface area contributed by atoms with E-state index < -0.39 is 0 Å². The van der Waals surface area contributed by atoms with Crippen LogP contribution in [0.15, 0.2) is 42.5 Å². The minimum absolute atomic E-state index is 0.104. The van der Waals surface area contributed by atoms with Gasteiger partial charge < -0.3 is 4.90 Å². The van der Waals surface area contributed by atoms with Crippen LogP contribution in [0.5, 0.6) is 0 Å². The molecular weight excluding hydrogens is 421 g/mol. The maximum Gasteiger partial charge on any atom is 0.327 e. The molecule has 30 heavy (non-hydrogen) atoms. The Hall–Kier alpha value is -2.55. The van der Waals surface area contributed by atoms with Crippen molar-refractivity contribution in [1.29, 1.82) is 5.26 Å². The van der Waals surface area contributed by atoms with E-state index in [2.05, 4.69) is 6.07 Å². The predicted molar refractivity (Wildman–Crippen MR) is 115 cm³/mol. The Morgan fingerprint density at radius 2 is 1.77 bits per heavy atom. The van der Waals surface area contributed by atoms with Crippen molar-refractivity contribution in [3.63, 3.8) is 0 Å². The Bertz CT molecular complexity index is 1030. The molecule has 1 saturated carbocycles. The summed E-state index contributed by atoms with van der Waals surface area (Å²) in [5, 5.41) is 10.4. The minimum Gasteiger partial charge on any atom is -0.316 e. The average molecular weight is 442 g/mol. The fourth-order valence-electron chi connectivity index (χ4n) is 4.47. The van der Waals surface area contributed by atoms with E-state index in [0.29, 0.717) is 27.7 Å². The number of nitrogens with zero attached hydrogens (tertiary/aromatic N) is 3. The zero-order chi connectivity index (χ0) is 21.3. The molecule has 7 heteroatoms. The summed E-state index contributed by atoms with van der Waals surface area (Å²) in [7, 11) is 0. The molecule has 0 radical (unpaired) electrons. The maximum atomic E-state index is 13.5. The van der Waals surface area contributed by atoms with Crippen LogP contribution in [0, 0.1) is 17.2 Å². The first-order valence-electron chi connectivity index (χ1n) is 10.0. The molecule has 2 unspecified atom stereocenters. The lowest BCUT2D eigenvalue weighted by atomic mass is 9.81. The Labute approximate surface area is 185 Å². The molecule has 0 bridgehead atoms. The van der Waals surface area contributed by atoms with Gasteiger partial charge in [0, 0.05) is 22.6 Å². The Kier molecular flexibility index (Phi) is 5.99. The SMILES string of the molecule is N#Cc1ccccc1CN1C(=O)N(Cc2ccc(Cl)cc2Cl)C(=O)C2CCCCC21. The molecule has 2 fully saturated rings. The van der Waals surface area contributed by atoms with E-state index in [4.69, 9.17) is 23.2 Å². The summed E-state index contributed by atoms with van der Waals surface area (Å²) in [6.07, 6.45) is 3.52. The van der Waals surface area contributed by atoms with Gasteiger partial charge in [-0.1, -0.05) is 60.3 Å². The van der Waals surface area contributed by atoms with Crippen LogP contribution in [0.2, 0.25) is 10.0 Å². The first-order valence-corrected chi connectivity index (χ1v) is 10.8. The van der Waals surface area contributed by atoms with Gasteiger partial charge in [0.2, 0.25) is 5.91 Å². The van der Waals surface area contributed by atoms with Crippen LogP contribution in [0.25, 0.3) is 0 Å². The van der Waals surface area contributed by atoms with Gasteiger partial charge in [0.1, 0.15) is 0 Å². The van der Waals surface area contributed by atoms with Gasteiger partial charge in [0.25, 0.3) is 0 Å². The van der Waals surface area contributed by atoms with Gasteiger partial charge in [0.15, 0.2) is 0 Å². The van der Waals surface area contributed by atoms with E-state index in [1.165, 1.54) is 4.90 Å². The number of hydrogen-bond donors (Lipinski definition) is 0. The van der Waals surface area contributed by atoms with Crippen LogP contribution in [-0.2, 0) is 17.9 Å². The normalized spacial score (nSPS) is 21.4. The van der Waals surface area contributed by atoms with Crippen LogP contribution in [-0.4, -0.2) is 27.8 Å². The third kappa shape index (κ3) is 3.90. The highest BCUT2D eigenvalue weighted by Gasteiger charge is 2.47. The van der Waals surface area contributed by atoms with Crippen LogP contribution < -0.4 is 0 Å². The second-order valence-corrected chi connectivity index (χ2v) is 8.64. The predicted octanol–water partition coefficient (Wildman–Crippen LogP) is 5.39. The topological polar surface area (TPSA) is 64.4 Å². The maximum absolute atomic E-state index is 13.5. The van der Waals surface area contributed by atoms with E-state index in [-0.39, 0.29) is 30.4 Å². The van der Waals surface area contributed by atoms with Gasteiger partial charge in [-0.05, 0) is 42.2 Å². The number of hydrogen-bond acceptors (Lipinski definition) is 3. The van der Waals surface area contributed by atoms with Gasteiger partial charge in [-0.15, -0.1) is 0 Å². The Morgan fingerprint density at radius 1 is 1.00 bits per heavy atom. The quantitative estimate of drug-likeness (QED) is 0.638. The number of carbonyl (C=O) groups is 2. The number of benzene rings is 2.